The van der Waals surface area contributed by atoms with Gasteiger partial charge in [-0.3, -0.25) is 4.79 Å². The Hall–Kier alpha value is -2.04. The van der Waals surface area contributed by atoms with E-state index in [0.717, 1.165) is 12.0 Å². The average Bonchev–Trinajstić information content (AvgIpc) is 2.55. The lowest BCUT2D eigenvalue weighted by molar-refractivity contribution is -0.115. The molecule has 1 aliphatic carbocycles. The number of carbonyl (C=O) groups excluding carboxylic acids is 1. The Bertz CT molecular complexity index is 832. The molecule has 0 bridgehead atoms. The zero-order valence-corrected chi connectivity index (χ0v) is 15.5. The molecular weight excluding hydrogens is 341 g/mol. The molecule has 0 spiro atoms. The van der Waals surface area contributed by atoms with Crippen LogP contribution in [-0.4, -0.2) is 11.7 Å². The number of Topliss-reactive ketones (excluding diaryl/α,β-unsaturated/α-hetero) is 1. The van der Waals surface area contributed by atoms with Crippen molar-refractivity contribution in [3.05, 3.63) is 52.0 Å². The second kappa shape index (κ2) is 6.29. The van der Waals surface area contributed by atoms with Gasteiger partial charge in [0.1, 0.15) is 5.60 Å². The summed E-state index contributed by atoms with van der Waals surface area (Å²) in [6.07, 6.45) is 1.77. The maximum atomic E-state index is 15.2. The van der Waals surface area contributed by atoms with Crippen molar-refractivity contribution >= 4 is 11.4 Å². The maximum Gasteiger partial charge on any atom is 0.329 e. The summed E-state index contributed by atoms with van der Waals surface area (Å²) in [4.78, 5) is 12.7. The molecule has 0 unspecified atom stereocenters. The van der Waals surface area contributed by atoms with Gasteiger partial charge in [-0.05, 0) is 39.2 Å². The summed E-state index contributed by atoms with van der Waals surface area (Å²) in [6.45, 7) is 7.09. The van der Waals surface area contributed by atoms with Gasteiger partial charge in [-0.25, -0.2) is 4.39 Å². The first-order valence-electron chi connectivity index (χ1n) is 8.98. The first-order valence-corrected chi connectivity index (χ1v) is 8.98. The van der Waals surface area contributed by atoms with E-state index >= 15 is 8.78 Å². The number of hydrogen-bond donors (Lipinski definition) is 0. The molecule has 1 aromatic carbocycles. The lowest BCUT2D eigenvalue weighted by Crippen LogP contribution is -2.40. The molecule has 0 aromatic heterocycles. The van der Waals surface area contributed by atoms with Gasteiger partial charge in [0.2, 0.25) is 5.78 Å². The number of halogens is 3. The van der Waals surface area contributed by atoms with Gasteiger partial charge in [-0.1, -0.05) is 43.5 Å². The van der Waals surface area contributed by atoms with Crippen molar-refractivity contribution in [2.75, 3.05) is 0 Å². The lowest BCUT2D eigenvalue weighted by Gasteiger charge is -2.40. The first kappa shape index (κ1) is 18.7. The van der Waals surface area contributed by atoms with Crippen molar-refractivity contribution in [1.82, 2.24) is 0 Å². The van der Waals surface area contributed by atoms with Crippen LogP contribution in [0.1, 0.15) is 63.1 Å². The van der Waals surface area contributed by atoms with Crippen molar-refractivity contribution in [3.8, 4) is 0 Å². The summed E-state index contributed by atoms with van der Waals surface area (Å²) >= 11 is 0. The molecule has 1 heterocycles. The molecular formula is C21H23F3O2. The standard InChI is InChI=1S/C21H23F3O2/c1-5-6-7-8-15-17(22)18(25)16-13-11-12(2)9-10-14(13)20(3,4)26-19(16)21(15,23)24/h9-11H,5-8H2,1-4H3. The van der Waals surface area contributed by atoms with Gasteiger partial charge in [0, 0.05) is 11.1 Å². The third-order valence-electron chi connectivity index (χ3n) is 5.06. The number of hydrogen-bond acceptors (Lipinski definition) is 2. The van der Waals surface area contributed by atoms with Crippen molar-refractivity contribution < 1.29 is 22.7 Å². The maximum absolute atomic E-state index is 15.2. The third kappa shape index (κ3) is 2.78. The molecule has 2 nitrogen and oxygen atoms in total. The molecule has 5 heteroatoms. The van der Waals surface area contributed by atoms with Gasteiger partial charge in [-0.2, -0.15) is 8.78 Å². The molecule has 2 aliphatic rings. The van der Waals surface area contributed by atoms with Gasteiger partial charge in [0.25, 0.3) is 0 Å². The third-order valence-corrected chi connectivity index (χ3v) is 5.06. The fourth-order valence-electron chi connectivity index (χ4n) is 3.66. The van der Waals surface area contributed by atoms with E-state index in [1.54, 1.807) is 32.9 Å². The Balaban J connectivity index is 2.18. The summed E-state index contributed by atoms with van der Waals surface area (Å²) in [5, 5.41) is 0. The van der Waals surface area contributed by atoms with Crippen molar-refractivity contribution in [2.24, 2.45) is 0 Å². The molecule has 0 radical (unpaired) electrons. The van der Waals surface area contributed by atoms with Gasteiger partial charge >= 0.3 is 5.92 Å². The Kier molecular flexibility index (Phi) is 4.53. The molecule has 0 fully saturated rings. The van der Waals surface area contributed by atoms with Crippen LogP contribution in [0.15, 0.2) is 35.4 Å². The van der Waals surface area contributed by atoms with Crippen LogP contribution < -0.4 is 0 Å². The van der Waals surface area contributed by atoms with Gasteiger partial charge in [-0.15, -0.1) is 0 Å². The molecule has 26 heavy (non-hydrogen) atoms. The Morgan fingerprint density at radius 1 is 1.15 bits per heavy atom. The normalized spacial score (nSPS) is 20.7. The molecule has 0 saturated carbocycles. The molecule has 0 atom stereocenters. The van der Waals surface area contributed by atoms with E-state index in [2.05, 4.69) is 0 Å². The van der Waals surface area contributed by atoms with E-state index in [1.807, 2.05) is 13.0 Å². The largest absolute Gasteiger partial charge is 0.480 e. The molecule has 0 amide bonds. The number of fused-ring (bicyclic) bond motifs is 2. The summed E-state index contributed by atoms with van der Waals surface area (Å²) < 4.78 is 50.6. The highest BCUT2D eigenvalue weighted by Crippen LogP contribution is 2.52. The molecule has 3 rings (SSSR count). The number of carbonyl (C=O) groups is 1. The second-order valence-corrected chi connectivity index (χ2v) is 7.52. The number of rotatable bonds is 4. The minimum Gasteiger partial charge on any atom is -0.480 e. The van der Waals surface area contributed by atoms with E-state index in [-0.39, 0.29) is 12.0 Å². The van der Waals surface area contributed by atoms with Crippen LogP contribution in [0.5, 0.6) is 0 Å². The van der Waals surface area contributed by atoms with E-state index in [9.17, 15) is 9.18 Å². The average molecular weight is 364 g/mol. The highest BCUT2D eigenvalue weighted by atomic mass is 19.3. The molecule has 0 saturated heterocycles. The quantitative estimate of drug-likeness (QED) is 0.613. The summed E-state index contributed by atoms with van der Waals surface area (Å²) in [5.41, 5.74) is -0.376. The minimum absolute atomic E-state index is 0.153. The number of alkyl halides is 2. The number of ketones is 1. The van der Waals surface area contributed by atoms with Gasteiger partial charge < -0.3 is 4.74 Å². The van der Waals surface area contributed by atoms with Gasteiger partial charge in [0.05, 0.1) is 5.57 Å². The number of benzene rings is 1. The molecule has 1 aliphatic heterocycles. The first-order chi connectivity index (χ1) is 12.1. The fourth-order valence-corrected chi connectivity index (χ4v) is 3.66. The number of allylic oxidation sites excluding steroid dienone is 3. The highest BCUT2D eigenvalue weighted by Gasteiger charge is 2.54. The number of ether oxygens (including phenoxy) is 1. The van der Waals surface area contributed by atoms with Crippen LogP contribution in [0.25, 0.3) is 5.57 Å². The minimum atomic E-state index is -3.63. The van der Waals surface area contributed by atoms with E-state index in [0.29, 0.717) is 24.0 Å². The second-order valence-electron chi connectivity index (χ2n) is 7.52. The monoisotopic (exact) mass is 364 g/mol. The predicted molar refractivity (Wildman–Crippen MR) is 94.4 cm³/mol. The van der Waals surface area contributed by atoms with Crippen LogP contribution in [0.4, 0.5) is 13.2 Å². The molecule has 1 aromatic rings. The van der Waals surface area contributed by atoms with Crippen molar-refractivity contribution in [3.63, 3.8) is 0 Å². The zero-order valence-electron chi connectivity index (χ0n) is 15.5. The number of aryl methyl sites for hydroxylation is 1. The summed E-state index contributed by atoms with van der Waals surface area (Å²) in [6, 6.07) is 5.22. The Morgan fingerprint density at radius 2 is 1.85 bits per heavy atom. The smallest absolute Gasteiger partial charge is 0.329 e. The van der Waals surface area contributed by atoms with Crippen molar-refractivity contribution in [2.45, 2.75) is 64.9 Å². The predicted octanol–water partition coefficient (Wildman–Crippen LogP) is 5.99. The molecule has 0 N–H and O–H groups in total. The highest BCUT2D eigenvalue weighted by molar-refractivity contribution is 6.30. The fraction of sp³-hybridized carbons (Fsp3) is 0.476. The zero-order chi connectivity index (χ0) is 19.3. The number of unbranched alkanes of at least 4 members (excludes halogenated alkanes) is 2. The van der Waals surface area contributed by atoms with E-state index in [4.69, 9.17) is 4.74 Å². The van der Waals surface area contributed by atoms with Crippen LogP contribution in [0.3, 0.4) is 0 Å². The lowest BCUT2D eigenvalue weighted by atomic mass is 9.78. The SMILES string of the molecule is CCCCCC1=C(F)C(=O)C2=C(OC(C)(C)c3ccc(C)cc32)C1(F)F. The van der Waals surface area contributed by atoms with Crippen LogP contribution in [-0.2, 0) is 15.1 Å². The van der Waals surface area contributed by atoms with Gasteiger partial charge in [0.15, 0.2) is 11.6 Å². The van der Waals surface area contributed by atoms with E-state index < -0.39 is 34.5 Å². The van der Waals surface area contributed by atoms with Crippen LogP contribution in [0.2, 0.25) is 0 Å². The Morgan fingerprint density at radius 3 is 2.50 bits per heavy atom. The Labute approximate surface area is 151 Å². The topological polar surface area (TPSA) is 26.3 Å². The van der Waals surface area contributed by atoms with Crippen molar-refractivity contribution in [1.29, 1.82) is 0 Å². The molecule has 140 valence electrons. The summed E-state index contributed by atoms with van der Waals surface area (Å²) in [5.74, 6) is -6.67. The van der Waals surface area contributed by atoms with Crippen LogP contribution in [0, 0.1) is 6.92 Å². The van der Waals surface area contributed by atoms with Crippen LogP contribution >= 0.6 is 0 Å². The van der Waals surface area contributed by atoms with E-state index in [1.165, 1.54) is 0 Å². The summed E-state index contributed by atoms with van der Waals surface area (Å²) in [7, 11) is 0.